The first kappa shape index (κ1) is 22.6. The third-order valence-corrected chi connectivity index (χ3v) is 4.14. The number of amides is 3. The molecule has 2 rings (SSSR count). The maximum Gasteiger partial charge on any atom is 0.413 e. The van der Waals surface area contributed by atoms with Crippen LogP contribution >= 0.6 is 0 Å². The quantitative estimate of drug-likeness (QED) is 0.669. The fourth-order valence-electron chi connectivity index (χ4n) is 2.60. The maximum atomic E-state index is 12.2. The van der Waals surface area contributed by atoms with E-state index in [-0.39, 0.29) is 19.7 Å². The largest absolute Gasteiger partial charge is 0.452 e. The van der Waals surface area contributed by atoms with Crippen LogP contribution in [-0.2, 0) is 19.1 Å². The minimum atomic E-state index is -0.878. The van der Waals surface area contributed by atoms with Gasteiger partial charge in [-0.3, -0.25) is 14.9 Å². The monoisotopic (exact) mass is 412 g/mol. The van der Waals surface area contributed by atoms with Crippen LogP contribution < -0.4 is 5.32 Å². The van der Waals surface area contributed by atoms with Gasteiger partial charge in [-0.05, 0) is 37.1 Å². The van der Waals surface area contributed by atoms with E-state index < -0.39 is 30.5 Å². The number of carbonyl (C=O) groups is 4. The van der Waals surface area contributed by atoms with Gasteiger partial charge in [0, 0.05) is 6.54 Å². The van der Waals surface area contributed by atoms with Gasteiger partial charge in [0.1, 0.15) is 6.54 Å². The lowest BCUT2D eigenvalue weighted by atomic mass is 10.0. The van der Waals surface area contributed by atoms with Gasteiger partial charge in [-0.1, -0.05) is 42.5 Å². The van der Waals surface area contributed by atoms with Crippen LogP contribution in [0.15, 0.2) is 54.6 Å². The fourth-order valence-corrected chi connectivity index (χ4v) is 2.60. The molecule has 8 heteroatoms. The van der Waals surface area contributed by atoms with Crippen LogP contribution in [-0.4, -0.2) is 55.1 Å². The van der Waals surface area contributed by atoms with Crippen molar-refractivity contribution >= 4 is 23.9 Å². The lowest BCUT2D eigenvalue weighted by Crippen LogP contribution is -2.44. The van der Waals surface area contributed by atoms with Gasteiger partial charge < -0.3 is 14.4 Å². The summed E-state index contributed by atoms with van der Waals surface area (Å²) < 4.78 is 9.68. The molecule has 0 aliphatic carbocycles. The smallest absolute Gasteiger partial charge is 0.413 e. The van der Waals surface area contributed by atoms with E-state index in [1.807, 2.05) is 35.6 Å². The summed E-state index contributed by atoms with van der Waals surface area (Å²) in [6, 6.07) is 16.5. The molecule has 0 saturated heterocycles. The van der Waals surface area contributed by atoms with Crippen molar-refractivity contribution in [1.29, 1.82) is 0 Å². The van der Waals surface area contributed by atoms with Gasteiger partial charge in [-0.2, -0.15) is 0 Å². The van der Waals surface area contributed by atoms with Crippen LogP contribution in [0.3, 0.4) is 0 Å². The first-order valence-electron chi connectivity index (χ1n) is 9.51. The Balaban J connectivity index is 1.87. The van der Waals surface area contributed by atoms with Crippen molar-refractivity contribution in [3.63, 3.8) is 0 Å². The summed E-state index contributed by atoms with van der Waals surface area (Å²) in [4.78, 5) is 48.7. The molecule has 0 spiro atoms. The molecule has 0 fully saturated rings. The standard InChI is InChI=1S/C22H24N2O6/c1-3-24(14-19(25)23-22(28)29-4-2)20(26)15-30-21(27)18-12-10-17(11-13-18)16-8-6-5-7-9-16/h5-13H,3-4,14-15H2,1-2H3,(H,23,25,28). The zero-order valence-corrected chi connectivity index (χ0v) is 16.9. The van der Waals surface area contributed by atoms with Crippen molar-refractivity contribution in [2.45, 2.75) is 13.8 Å². The Morgan fingerprint density at radius 1 is 0.867 bits per heavy atom. The van der Waals surface area contributed by atoms with Gasteiger partial charge >= 0.3 is 12.1 Å². The lowest BCUT2D eigenvalue weighted by Gasteiger charge is -2.19. The second-order valence-corrected chi connectivity index (χ2v) is 6.20. The molecule has 0 aromatic heterocycles. The number of likely N-dealkylation sites (N-methyl/N-ethyl adjacent to an activating group) is 1. The van der Waals surface area contributed by atoms with E-state index in [0.29, 0.717) is 5.56 Å². The van der Waals surface area contributed by atoms with E-state index in [2.05, 4.69) is 4.74 Å². The SMILES string of the molecule is CCOC(=O)NC(=O)CN(CC)C(=O)COC(=O)c1ccc(-c2ccccc2)cc1. The van der Waals surface area contributed by atoms with Gasteiger partial charge in [0.15, 0.2) is 6.61 Å². The molecule has 0 heterocycles. The van der Waals surface area contributed by atoms with Gasteiger partial charge in [-0.15, -0.1) is 0 Å². The predicted octanol–water partition coefficient (Wildman–Crippen LogP) is 2.63. The number of alkyl carbamates (subject to hydrolysis) is 1. The topological polar surface area (TPSA) is 102 Å². The van der Waals surface area contributed by atoms with Crippen molar-refractivity contribution in [2.75, 3.05) is 26.3 Å². The molecule has 1 N–H and O–H groups in total. The van der Waals surface area contributed by atoms with Crippen LogP contribution in [0.25, 0.3) is 11.1 Å². The molecule has 2 aromatic carbocycles. The molecule has 158 valence electrons. The number of nitrogens with one attached hydrogen (secondary N) is 1. The second-order valence-electron chi connectivity index (χ2n) is 6.20. The number of ether oxygens (including phenoxy) is 2. The number of esters is 1. The molecule has 0 unspecified atom stereocenters. The molecular formula is C22H24N2O6. The minimum absolute atomic E-state index is 0.123. The summed E-state index contributed by atoms with van der Waals surface area (Å²) in [6.07, 6.45) is -0.878. The molecule has 2 aromatic rings. The van der Waals surface area contributed by atoms with Crippen molar-refractivity contribution in [3.05, 3.63) is 60.2 Å². The highest BCUT2D eigenvalue weighted by Gasteiger charge is 2.19. The maximum absolute atomic E-state index is 12.2. The van der Waals surface area contributed by atoms with Crippen molar-refractivity contribution in [1.82, 2.24) is 10.2 Å². The molecule has 0 atom stereocenters. The summed E-state index contributed by atoms with van der Waals surface area (Å²) in [6.45, 7) is 2.74. The Morgan fingerprint density at radius 3 is 2.10 bits per heavy atom. The first-order chi connectivity index (χ1) is 14.4. The Hall–Kier alpha value is -3.68. The highest BCUT2D eigenvalue weighted by atomic mass is 16.5. The number of carbonyl (C=O) groups excluding carboxylic acids is 4. The lowest BCUT2D eigenvalue weighted by molar-refractivity contribution is -0.138. The Kier molecular flexibility index (Phi) is 8.56. The summed E-state index contributed by atoms with van der Waals surface area (Å²) in [5.41, 5.74) is 2.28. The summed E-state index contributed by atoms with van der Waals surface area (Å²) >= 11 is 0. The molecule has 0 saturated carbocycles. The molecule has 0 aliphatic rings. The first-order valence-corrected chi connectivity index (χ1v) is 9.51. The molecule has 30 heavy (non-hydrogen) atoms. The molecule has 0 bridgehead atoms. The number of nitrogens with zero attached hydrogens (tertiary/aromatic N) is 1. The summed E-state index contributed by atoms with van der Waals surface area (Å²) in [5, 5.41) is 2.01. The van der Waals surface area contributed by atoms with Crippen LogP contribution in [0.5, 0.6) is 0 Å². The van der Waals surface area contributed by atoms with E-state index in [9.17, 15) is 19.2 Å². The van der Waals surface area contributed by atoms with Gasteiger partial charge in [0.2, 0.25) is 5.91 Å². The van der Waals surface area contributed by atoms with E-state index in [0.717, 1.165) is 11.1 Å². The molecule has 3 amide bonds. The Morgan fingerprint density at radius 2 is 1.50 bits per heavy atom. The predicted molar refractivity (Wildman–Crippen MR) is 110 cm³/mol. The van der Waals surface area contributed by atoms with Gasteiger partial charge in [0.05, 0.1) is 12.2 Å². The zero-order valence-electron chi connectivity index (χ0n) is 16.9. The Labute approximate surface area is 174 Å². The van der Waals surface area contributed by atoms with Crippen LogP contribution in [0.4, 0.5) is 4.79 Å². The Bertz CT molecular complexity index is 880. The highest BCUT2D eigenvalue weighted by molar-refractivity contribution is 5.95. The highest BCUT2D eigenvalue weighted by Crippen LogP contribution is 2.19. The number of imide groups is 1. The molecule has 8 nitrogen and oxygen atoms in total. The number of hydrogen-bond acceptors (Lipinski definition) is 6. The van der Waals surface area contributed by atoms with Crippen molar-refractivity contribution in [2.24, 2.45) is 0 Å². The average Bonchev–Trinajstić information content (AvgIpc) is 2.76. The molecule has 0 aliphatic heterocycles. The third kappa shape index (κ3) is 6.73. The third-order valence-electron chi connectivity index (χ3n) is 4.14. The van der Waals surface area contributed by atoms with Crippen LogP contribution in [0, 0.1) is 0 Å². The van der Waals surface area contributed by atoms with Crippen molar-refractivity contribution in [3.8, 4) is 11.1 Å². The van der Waals surface area contributed by atoms with Crippen molar-refractivity contribution < 1.29 is 28.7 Å². The van der Waals surface area contributed by atoms with Crippen LogP contribution in [0.2, 0.25) is 0 Å². The van der Waals surface area contributed by atoms with E-state index in [4.69, 9.17) is 4.74 Å². The molecular weight excluding hydrogens is 388 g/mol. The minimum Gasteiger partial charge on any atom is -0.452 e. The fraction of sp³-hybridized carbons (Fsp3) is 0.273. The summed E-state index contributed by atoms with van der Waals surface area (Å²) in [5.74, 6) is -1.88. The number of rotatable bonds is 8. The van der Waals surface area contributed by atoms with Gasteiger partial charge in [0.25, 0.3) is 5.91 Å². The number of benzene rings is 2. The normalized spacial score (nSPS) is 10.1. The van der Waals surface area contributed by atoms with Crippen LogP contribution in [0.1, 0.15) is 24.2 Å². The average molecular weight is 412 g/mol. The molecule has 0 radical (unpaired) electrons. The second kappa shape index (κ2) is 11.4. The number of hydrogen-bond donors (Lipinski definition) is 1. The van der Waals surface area contributed by atoms with Gasteiger partial charge in [-0.25, -0.2) is 9.59 Å². The van der Waals surface area contributed by atoms with E-state index in [1.54, 1.807) is 38.1 Å². The summed E-state index contributed by atoms with van der Waals surface area (Å²) in [7, 11) is 0. The zero-order chi connectivity index (χ0) is 21.9. The van der Waals surface area contributed by atoms with E-state index in [1.165, 1.54) is 4.90 Å². The van der Waals surface area contributed by atoms with E-state index >= 15 is 0 Å².